The van der Waals surface area contributed by atoms with Gasteiger partial charge in [0, 0.05) is 25.3 Å². The second-order valence-electron chi connectivity index (χ2n) is 4.91. The molecule has 1 aliphatic heterocycles. The molecule has 2 N–H and O–H groups in total. The lowest BCUT2D eigenvalue weighted by Gasteiger charge is -2.22. The molecule has 20 heavy (non-hydrogen) atoms. The van der Waals surface area contributed by atoms with Crippen LogP contribution in [0.2, 0.25) is 0 Å². The Morgan fingerprint density at radius 2 is 1.80 bits per heavy atom. The number of carbonyl (C=O) groups excluding carboxylic acids is 2. The second-order valence-corrected chi connectivity index (χ2v) is 4.91. The Kier molecular flexibility index (Phi) is 5.55. The Bertz CT molecular complexity index is 442. The number of benzene rings is 1. The molecule has 0 atom stereocenters. The standard InChI is InChI=1S/C15H20N2O3/c18-14(16-10-12-6-8-20-9-7-12)11-17-15(19)13-4-2-1-3-5-13/h1-5,12H,6-11H2,(H,16,18)(H,17,19). The molecule has 1 aliphatic rings. The molecule has 1 heterocycles. The van der Waals surface area contributed by atoms with Crippen molar-refractivity contribution >= 4 is 11.8 Å². The van der Waals surface area contributed by atoms with E-state index >= 15 is 0 Å². The summed E-state index contributed by atoms with van der Waals surface area (Å²) in [6, 6.07) is 8.86. The number of amides is 2. The van der Waals surface area contributed by atoms with E-state index in [9.17, 15) is 9.59 Å². The second kappa shape index (κ2) is 7.65. The topological polar surface area (TPSA) is 67.4 Å². The largest absolute Gasteiger partial charge is 0.381 e. The summed E-state index contributed by atoms with van der Waals surface area (Å²) < 4.78 is 5.26. The lowest BCUT2D eigenvalue weighted by Crippen LogP contribution is -2.39. The molecule has 0 aromatic heterocycles. The first kappa shape index (κ1) is 14.5. The SMILES string of the molecule is O=C(CNC(=O)c1ccccc1)NCC1CCOCC1. The summed E-state index contributed by atoms with van der Waals surface area (Å²) in [4.78, 5) is 23.4. The van der Waals surface area contributed by atoms with Gasteiger partial charge >= 0.3 is 0 Å². The van der Waals surface area contributed by atoms with Gasteiger partial charge in [0.05, 0.1) is 6.54 Å². The molecule has 1 aromatic rings. The molecule has 0 radical (unpaired) electrons. The highest BCUT2D eigenvalue weighted by molar-refractivity contribution is 5.96. The lowest BCUT2D eigenvalue weighted by molar-refractivity contribution is -0.120. The minimum absolute atomic E-state index is 0.0109. The maximum atomic E-state index is 11.7. The molecule has 1 saturated heterocycles. The van der Waals surface area contributed by atoms with Crippen LogP contribution < -0.4 is 10.6 Å². The number of hydrogen-bond donors (Lipinski definition) is 2. The molecule has 0 aliphatic carbocycles. The van der Waals surface area contributed by atoms with E-state index in [1.54, 1.807) is 24.3 Å². The summed E-state index contributed by atoms with van der Waals surface area (Å²) in [6.07, 6.45) is 1.97. The average molecular weight is 276 g/mol. The molecule has 0 unspecified atom stereocenters. The monoisotopic (exact) mass is 276 g/mol. The predicted octanol–water partition coefficient (Wildman–Crippen LogP) is 0.959. The highest BCUT2D eigenvalue weighted by atomic mass is 16.5. The van der Waals surface area contributed by atoms with Crippen molar-refractivity contribution in [1.82, 2.24) is 10.6 Å². The van der Waals surface area contributed by atoms with Crippen molar-refractivity contribution < 1.29 is 14.3 Å². The van der Waals surface area contributed by atoms with Gasteiger partial charge in [-0.25, -0.2) is 0 Å². The predicted molar refractivity (Wildman–Crippen MR) is 75.3 cm³/mol. The van der Waals surface area contributed by atoms with E-state index in [1.165, 1.54) is 0 Å². The normalized spacial score (nSPS) is 15.6. The number of ether oxygens (including phenoxy) is 1. The summed E-state index contributed by atoms with van der Waals surface area (Å²) in [5.41, 5.74) is 0.560. The highest BCUT2D eigenvalue weighted by Crippen LogP contribution is 2.12. The fourth-order valence-corrected chi connectivity index (χ4v) is 2.12. The third kappa shape index (κ3) is 4.66. The molecular formula is C15H20N2O3. The van der Waals surface area contributed by atoms with Crippen molar-refractivity contribution in [3.8, 4) is 0 Å². The summed E-state index contributed by atoms with van der Waals surface area (Å²) in [7, 11) is 0. The van der Waals surface area contributed by atoms with E-state index in [1.807, 2.05) is 6.07 Å². The zero-order chi connectivity index (χ0) is 14.2. The Morgan fingerprint density at radius 1 is 1.10 bits per heavy atom. The van der Waals surface area contributed by atoms with Crippen molar-refractivity contribution in [2.45, 2.75) is 12.8 Å². The van der Waals surface area contributed by atoms with E-state index in [2.05, 4.69) is 10.6 Å². The summed E-state index contributed by atoms with van der Waals surface area (Å²) in [6.45, 7) is 2.21. The van der Waals surface area contributed by atoms with E-state index in [0.29, 0.717) is 18.0 Å². The summed E-state index contributed by atoms with van der Waals surface area (Å²) in [5, 5.41) is 5.46. The molecule has 108 valence electrons. The maximum absolute atomic E-state index is 11.7. The Labute approximate surface area is 118 Å². The van der Waals surface area contributed by atoms with Crippen LogP contribution in [0.5, 0.6) is 0 Å². The Morgan fingerprint density at radius 3 is 2.50 bits per heavy atom. The number of nitrogens with one attached hydrogen (secondary N) is 2. The molecular weight excluding hydrogens is 256 g/mol. The van der Waals surface area contributed by atoms with E-state index in [4.69, 9.17) is 4.74 Å². The van der Waals surface area contributed by atoms with Gasteiger partial charge in [-0.05, 0) is 30.9 Å². The van der Waals surface area contributed by atoms with Crippen LogP contribution in [0, 0.1) is 5.92 Å². The minimum Gasteiger partial charge on any atom is -0.381 e. The van der Waals surface area contributed by atoms with Gasteiger partial charge in [-0.2, -0.15) is 0 Å². The van der Waals surface area contributed by atoms with Crippen LogP contribution in [-0.4, -0.2) is 38.1 Å². The Hall–Kier alpha value is -1.88. The van der Waals surface area contributed by atoms with Gasteiger partial charge in [-0.1, -0.05) is 18.2 Å². The molecule has 5 heteroatoms. The first-order valence-corrected chi connectivity index (χ1v) is 6.93. The van der Waals surface area contributed by atoms with Gasteiger partial charge in [0.25, 0.3) is 5.91 Å². The average Bonchev–Trinajstić information content (AvgIpc) is 2.52. The maximum Gasteiger partial charge on any atom is 0.251 e. The van der Waals surface area contributed by atoms with Crippen LogP contribution in [-0.2, 0) is 9.53 Å². The fourth-order valence-electron chi connectivity index (χ4n) is 2.12. The van der Waals surface area contributed by atoms with Crippen LogP contribution in [0.3, 0.4) is 0 Å². The van der Waals surface area contributed by atoms with Gasteiger partial charge in [-0.15, -0.1) is 0 Å². The molecule has 0 bridgehead atoms. The third-order valence-electron chi connectivity index (χ3n) is 3.37. The van der Waals surface area contributed by atoms with Gasteiger partial charge in [0.15, 0.2) is 0 Å². The summed E-state index contributed by atoms with van der Waals surface area (Å²) in [5.74, 6) is 0.102. The van der Waals surface area contributed by atoms with Gasteiger partial charge < -0.3 is 15.4 Å². The van der Waals surface area contributed by atoms with Crippen molar-refractivity contribution in [3.63, 3.8) is 0 Å². The number of carbonyl (C=O) groups is 2. The van der Waals surface area contributed by atoms with Crippen LogP contribution in [0.4, 0.5) is 0 Å². The van der Waals surface area contributed by atoms with Gasteiger partial charge in [-0.3, -0.25) is 9.59 Å². The quantitative estimate of drug-likeness (QED) is 0.841. The smallest absolute Gasteiger partial charge is 0.251 e. The van der Waals surface area contributed by atoms with Crippen LogP contribution in [0.15, 0.2) is 30.3 Å². The van der Waals surface area contributed by atoms with Gasteiger partial charge in [0.1, 0.15) is 0 Å². The van der Waals surface area contributed by atoms with Crippen LogP contribution in [0.1, 0.15) is 23.2 Å². The highest BCUT2D eigenvalue weighted by Gasteiger charge is 2.14. The molecule has 1 aromatic carbocycles. The van der Waals surface area contributed by atoms with Crippen LogP contribution in [0.25, 0.3) is 0 Å². The zero-order valence-electron chi connectivity index (χ0n) is 11.4. The van der Waals surface area contributed by atoms with Crippen molar-refractivity contribution in [1.29, 1.82) is 0 Å². The molecule has 1 fully saturated rings. The number of hydrogen-bond acceptors (Lipinski definition) is 3. The Balaban J connectivity index is 1.66. The van der Waals surface area contributed by atoms with E-state index in [-0.39, 0.29) is 18.4 Å². The zero-order valence-corrected chi connectivity index (χ0v) is 11.4. The molecule has 0 spiro atoms. The van der Waals surface area contributed by atoms with E-state index in [0.717, 1.165) is 26.1 Å². The van der Waals surface area contributed by atoms with Crippen molar-refractivity contribution in [2.75, 3.05) is 26.3 Å². The van der Waals surface area contributed by atoms with Crippen molar-refractivity contribution in [2.24, 2.45) is 5.92 Å². The van der Waals surface area contributed by atoms with Crippen molar-refractivity contribution in [3.05, 3.63) is 35.9 Å². The fraction of sp³-hybridized carbons (Fsp3) is 0.467. The molecule has 2 rings (SSSR count). The lowest BCUT2D eigenvalue weighted by atomic mass is 10.0. The summed E-state index contributed by atoms with van der Waals surface area (Å²) >= 11 is 0. The first-order valence-electron chi connectivity index (χ1n) is 6.93. The third-order valence-corrected chi connectivity index (χ3v) is 3.37. The molecule has 5 nitrogen and oxygen atoms in total. The van der Waals surface area contributed by atoms with Gasteiger partial charge in [0.2, 0.25) is 5.91 Å². The first-order chi connectivity index (χ1) is 9.75. The van der Waals surface area contributed by atoms with Crippen LogP contribution >= 0.6 is 0 Å². The minimum atomic E-state index is -0.230. The number of rotatable bonds is 5. The molecule has 0 saturated carbocycles. The van der Waals surface area contributed by atoms with E-state index < -0.39 is 0 Å². The molecule has 2 amide bonds.